The average molecular weight is 361 g/mol. The number of nitrogens with two attached hydrogens (primary N) is 2. The van der Waals surface area contributed by atoms with Crippen LogP contribution in [-0.4, -0.2) is 16.3 Å². The fourth-order valence-electron chi connectivity index (χ4n) is 2.14. The summed E-state index contributed by atoms with van der Waals surface area (Å²) in [5.74, 6) is 0.306. The summed E-state index contributed by atoms with van der Waals surface area (Å²) in [5.41, 5.74) is 12.9. The third-order valence-corrected chi connectivity index (χ3v) is 4.57. The molecule has 6 nitrogen and oxygen atoms in total. The first-order valence-corrected chi connectivity index (χ1v) is 8.15. The molecule has 0 aliphatic heterocycles. The Morgan fingerprint density at radius 3 is 2.54 bits per heavy atom. The Morgan fingerprint density at radius 1 is 1.12 bits per heavy atom. The van der Waals surface area contributed by atoms with Crippen molar-refractivity contribution in [2.24, 2.45) is 11.5 Å². The molecule has 3 rings (SSSR count). The molecule has 122 valence electrons. The van der Waals surface area contributed by atoms with Crippen molar-refractivity contribution in [1.82, 2.24) is 10.2 Å². The second-order valence-electron chi connectivity index (χ2n) is 4.89. The first-order chi connectivity index (χ1) is 11.5. The third-order valence-electron chi connectivity index (χ3n) is 3.26. The van der Waals surface area contributed by atoms with E-state index >= 15 is 0 Å². The number of rotatable bonds is 4. The van der Waals surface area contributed by atoms with Gasteiger partial charge in [-0.05, 0) is 18.2 Å². The van der Waals surface area contributed by atoms with Gasteiger partial charge in [-0.1, -0.05) is 53.3 Å². The molecule has 0 saturated carbocycles. The van der Waals surface area contributed by atoms with E-state index in [0.717, 1.165) is 10.6 Å². The Balaban J connectivity index is 1.90. The SMILES string of the molecule is NC(=O)Oc1ccccc1C(N)c1nnc(-c2ccc(Cl)cc2)s1. The fraction of sp³-hybridized carbons (Fsp3) is 0.0625. The van der Waals surface area contributed by atoms with Crippen molar-refractivity contribution in [2.75, 3.05) is 0 Å². The van der Waals surface area contributed by atoms with Crippen molar-refractivity contribution >= 4 is 29.0 Å². The quantitative estimate of drug-likeness (QED) is 0.742. The number of primary amides is 1. The van der Waals surface area contributed by atoms with E-state index in [2.05, 4.69) is 10.2 Å². The first kappa shape index (κ1) is 16.4. The number of hydrogen-bond donors (Lipinski definition) is 2. The summed E-state index contributed by atoms with van der Waals surface area (Å²) in [4.78, 5) is 11.0. The van der Waals surface area contributed by atoms with Crippen molar-refractivity contribution in [1.29, 1.82) is 0 Å². The first-order valence-electron chi connectivity index (χ1n) is 6.95. The van der Waals surface area contributed by atoms with Gasteiger partial charge < -0.3 is 16.2 Å². The molecule has 1 unspecified atom stereocenters. The summed E-state index contributed by atoms with van der Waals surface area (Å²) in [5, 5.41) is 10.3. The van der Waals surface area contributed by atoms with Gasteiger partial charge in [-0.15, -0.1) is 10.2 Å². The van der Waals surface area contributed by atoms with Crippen LogP contribution in [0.2, 0.25) is 5.02 Å². The minimum Gasteiger partial charge on any atom is -0.410 e. The van der Waals surface area contributed by atoms with Gasteiger partial charge in [0.1, 0.15) is 15.8 Å². The number of hydrogen-bond acceptors (Lipinski definition) is 6. The van der Waals surface area contributed by atoms with Crippen LogP contribution in [0.3, 0.4) is 0 Å². The summed E-state index contributed by atoms with van der Waals surface area (Å²) < 4.78 is 4.99. The average Bonchev–Trinajstić information content (AvgIpc) is 3.05. The van der Waals surface area contributed by atoms with Crippen molar-refractivity contribution < 1.29 is 9.53 Å². The number of carbonyl (C=O) groups is 1. The molecular formula is C16H13ClN4O2S. The number of aromatic nitrogens is 2. The van der Waals surface area contributed by atoms with E-state index in [1.54, 1.807) is 36.4 Å². The van der Waals surface area contributed by atoms with Crippen molar-refractivity contribution in [3.05, 3.63) is 64.1 Å². The molecule has 2 aromatic carbocycles. The number of ether oxygens (including phenoxy) is 1. The van der Waals surface area contributed by atoms with E-state index in [-0.39, 0.29) is 0 Å². The number of para-hydroxylation sites is 1. The molecule has 0 aliphatic carbocycles. The molecule has 0 fully saturated rings. The lowest BCUT2D eigenvalue weighted by atomic mass is 10.1. The predicted molar refractivity (Wildman–Crippen MR) is 93.0 cm³/mol. The van der Waals surface area contributed by atoms with E-state index in [9.17, 15) is 4.79 Å². The van der Waals surface area contributed by atoms with E-state index in [1.165, 1.54) is 11.3 Å². The van der Waals surface area contributed by atoms with Crippen molar-refractivity contribution in [3.8, 4) is 16.3 Å². The highest BCUT2D eigenvalue weighted by molar-refractivity contribution is 7.14. The molecule has 0 aliphatic rings. The standard InChI is InChI=1S/C16H13ClN4O2S/c17-10-7-5-9(6-8-10)14-20-21-15(24-14)13(18)11-3-1-2-4-12(11)23-16(19)22/h1-8,13H,18H2,(H2,19,22). The highest BCUT2D eigenvalue weighted by atomic mass is 35.5. The molecule has 0 bridgehead atoms. The van der Waals surface area contributed by atoms with Crippen LogP contribution in [0.1, 0.15) is 16.6 Å². The molecule has 0 saturated heterocycles. The van der Waals surface area contributed by atoms with Gasteiger partial charge in [0.05, 0.1) is 6.04 Å². The molecule has 0 spiro atoms. The van der Waals surface area contributed by atoms with Crippen LogP contribution in [0.4, 0.5) is 4.79 Å². The number of benzene rings is 2. The van der Waals surface area contributed by atoms with Gasteiger partial charge in [0.25, 0.3) is 0 Å². The molecule has 4 N–H and O–H groups in total. The Labute approximate surface area is 147 Å². The molecule has 24 heavy (non-hydrogen) atoms. The van der Waals surface area contributed by atoms with E-state index < -0.39 is 12.1 Å². The molecule has 0 radical (unpaired) electrons. The lowest BCUT2D eigenvalue weighted by Crippen LogP contribution is -2.19. The van der Waals surface area contributed by atoms with Crippen LogP contribution in [0, 0.1) is 0 Å². The monoisotopic (exact) mass is 360 g/mol. The maximum atomic E-state index is 11.0. The maximum Gasteiger partial charge on any atom is 0.409 e. The second kappa shape index (κ2) is 6.96. The zero-order valence-electron chi connectivity index (χ0n) is 12.3. The Hall–Kier alpha value is -2.48. The van der Waals surface area contributed by atoms with E-state index in [0.29, 0.717) is 21.3 Å². The van der Waals surface area contributed by atoms with Crippen LogP contribution in [0.15, 0.2) is 48.5 Å². The van der Waals surface area contributed by atoms with Gasteiger partial charge >= 0.3 is 6.09 Å². The number of nitrogens with zero attached hydrogens (tertiary/aromatic N) is 2. The zero-order valence-corrected chi connectivity index (χ0v) is 13.9. The van der Waals surface area contributed by atoms with E-state index in [1.807, 2.05) is 12.1 Å². The van der Waals surface area contributed by atoms with Crippen LogP contribution >= 0.6 is 22.9 Å². The number of amides is 1. The highest BCUT2D eigenvalue weighted by Crippen LogP contribution is 2.32. The normalized spacial score (nSPS) is 11.9. The smallest absolute Gasteiger partial charge is 0.409 e. The predicted octanol–water partition coefficient (Wildman–Crippen LogP) is 3.36. The Morgan fingerprint density at radius 2 is 1.83 bits per heavy atom. The molecule has 1 amide bonds. The highest BCUT2D eigenvalue weighted by Gasteiger charge is 2.19. The van der Waals surface area contributed by atoms with E-state index in [4.69, 9.17) is 27.8 Å². The van der Waals surface area contributed by atoms with Gasteiger partial charge in [-0.3, -0.25) is 0 Å². The lowest BCUT2D eigenvalue weighted by molar-refractivity contribution is 0.210. The van der Waals surface area contributed by atoms with Crippen LogP contribution in [0.5, 0.6) is 5.75 Å². The van der Waals surface area contributed by atoms with Crippen LogP contribution < -0.4 is 16.2 Å². The zero-order chi connectivity index (χ0) is 17.1. The number of halogens is 1. The van der Waals surface area contributed by atoms with Crippen molar-refractivity contribution in [3.63, 3.8) is 0 Å². The molecule has 3 aromatic rings. The number of carbonyl (C=O) groups excluding carboxylic acids is 1. The maximum absolute atomic E-state index is 11.0. The van der Waals surface area contributed by atoms with Gasteiger partial charge in [-0.25, -0.2) is 4.79 Å². The van der Waals surface area contributed by atoms with Crippen LogP contribution in [0.25, 0.3) is 10.6 Å². The molecule has 8 heteroatoms. The minimum absolute atomic E-state index is 0.306. The summed E-state index contributed by atoms with van der Waals surface area (Å²) in [6.07, 6.45) is -0.895. The van der Waals surface area contributed by atoms with Gasteiger partial charge in [0.2, 0.25) is 0 Å². The summed E-state index contributed by atoms with van der Waals surface area (Å²) in [6, 6.07) is 13.6. The second-order valence-corrected chi connectivity index (χ2v) is 6.33. The van der Waals surface area contributed by atoms with Crippen LogP contribution in [-0.2, 0) is 0 Å². The third kappa shape index (κ3) is 3.53. The summed E-state index contributed by atoms with van der Waals surface area (Å²) in [6.45, 7) is 0. The lowest BCUT2D eigenvalue weighted by Gasteiger charge is -2.12. The van der Waals surface area contributed by atoms with Gasteiger partial charge in [-0.2, -0.15) is 0 Å². The van der Waals surface area contributed by atoms with Gasteiger partial charge in [0, 0.05) is 16.1 Å². The largest absolute Gasteiger partial charge is 0.410 e. The molecular weight excluding hydrogens is 348 g/mol. The molecule has 1 atom stereocenters. The topological polar surface area (TPSA) is 104 Å². The molecule has 1 heterocycles. The Bertz CT molecular complexity index is 867. The van der Waals surface area contributed by atoms with Crippen molar-refractivity contribution in [2.45, 2.75) is 6.04 Å². The summed E-state index contributed by atoms with van der Waals surface area (Å²) >= 11 is 7.25. The summed E-state index contributed by atoms with van der Waals surface area (Å²) in [7, 11) is 0. The molecule has 1 aromatic heterocycles. The van der Waals surface area contributed by atoms with Gasteiger partial charge in [0.15, 0.2) is 0 Å². The fourth-order valence-corrected chi connectivity index (χ4v) is 3.14. The minimum atomic E-state index is -0.895. The Kier molecular flexibility index (Phi) is 4.75.